The van der Waals surface area contributed by atoms with E-state index in [9.17, 15) is 18.0 Å². The maximum atomic E-state index is 12.8. The average molecular weight is 306 g/mol. The van der Waals surface area contributed by atoms with Gasteiger partial charge in [0.05, 0.1) is 5.92 Å². The Hall–Kier alpha value is -0.780. The normalized spacial score (nSPS) is 32.8. The molecule has 1 heterocycles. The van der Waals surface area contributed by atoms with Gasteiger partial charge in [-0.15, -0.1) is 0 Å². The molecular weight excluding hydrogens is 281 g/mol. The lowest BCUT2D eigenvalue weighted by atomic mass is 9.80. The molecule has 0 spiro atoms. The van der Waals surface area contributed by atoms with Crippen molar-refractivity contribution >= 4 is 5.91 Å². The lowest BCUT2D eigenvalue weighted by molar-refractivity contribution is -0.187. The van der Waals surface area contributed by atoms with Gasteiger partial charge in [0.1, 0.15) is 0 Å². The number of likely N-dealkylation sites (tertiary alicyclic amines) is 1. The zero-order chi connectivity index (χ0) is 15.6. The van der Waals surface area contributed by atoms with Crippen LogP contribution in [0, 0.1) is 17.8 Å². The van der Waals surface area contributed by atoms with Crippen molar-refractivity contribution in [2.75, 3.05) is 13.1 Å². The summed E-state index contributed by atoms with van der Waals surface area (Å²) in [6, 6.07) is 0.0230. The van der Waals surface area contributed by atoms with Gasteiger partial charge in [-0.05, 0) is 44.9 Å². The molecule has 3 nitrogen and oxygen atoms in total. The smallest absolute Gasteiger partial charge is 0.342 e. The Labute approximate surface area is 124 Å². The summed E-state index contributed by atoms with van der Waals surface area (Å²) in [6.45, 7) is 3.19. The first-order valence-corrected chi connectivity index (χ1v) is 7.90. The number of carbonyl (C=O) groups excluding carboxylic acids is 1. The van der Waals surface area contributed by atoms with E-state index in [4.69, 9.17) is 5.73 Å². The number of carbonyl (C=O) groups is 1. The third-order valence-electron chi connectivity index (χ3n) is 5.00. The van der Waals surface area contributed by atoms with Gasteiger partial charge in [0, 0.05) is 25.0 Å². The van der Waals surface area contributed by atoms with E-state index >= 15 is 0 Å². The molecule has 0 bridgehead atoms. The molecule has 1 aliphatic heterocycles. The van der Waals surface area contributed by atoms with E-state index < -0.39 is 18.0 Å². The highest BCUT2D eigenvalue weighted by Gasteiger charge is 2.44. The molecule has 1 aliphatic carbocycles. The highest BCUT2D eigenvalue weighted by atomic mass is 19.4. The van der Waals surface area contributed by atoms with Gasteiger partial charge in [-0.25, -0.2) is 0 Å². The van der Waals surface area contributed by atoms with Crippen molar-refractivity contribution in [3.8, 4) is 0 Å². The summed E-state index contributed by atoms with van der Waals surface area (Å²) >= 11 is 0. The van der Waals surface area contributed by atoms with Crippen LogP contribution in [-0.4, -0.2) is 36.1 Å². The van der Waals surface area contributed by atoms with E-state index in [-0.39, 0.29) is 30.7 Å². The number of nitrogens with two attached hydrogens (primary N) is 1. The molecule has 4 atom stereocenters. The van der Waals surface area contributed by atoms with Gasteiger partial charge < -0.3 is 10.6 Å². The first kappa shape index (κ1) is 16.6. The Bertz CT molecular complexity index is 370. The van der Waals surface area contributed by atoms with Crippen LogP contribution in [-0.2, 0) is 4.79 Å². The van der Waals surface area contributed by atoms with E-state index in [1.165, 1.54) is 0 Å². The number of rotatable bonds is 2. The minimum absolute atomic E-state index is 0.0230. The molecule has 0 aromatic rings. The lowest BCUT2D eigenvalue weighted by Crippen LogP contribution is -2.48. The molecule has 6 heteroatoms. The van der Waals surface area contributed by atoms with Gasteiger partial charge >= 0.3 is 6.18 Å². The van der Waals surface area contributed by atoms with Crippen LogP contribution in [0.25, 0.3) is 0 Å². The first-order chi connectivity index (χ1) is 9.79. The van der Waals surface area contributed by atoms with Crippen LogP contribution in [0.4, 0.5) is 13.2 Å². The second kappa shape index (κ2) is 6.55. The molecule has 2 N–H and O–H groups in total. The summed E-state index contributed by atoms with van der Waals surface area (Å²) in [6.07, 6.45) is -1.08. The van der Waals surface area contributed by atoms with Crippen LogP contribution >= 0.6 is 0 Å². The van der Waals surface area contributed by atoms with Gasteiger partial charge in [0.2, 0.25) is 5.91 Å². The summed E-state index contributed by atoms with van der Waals surface area (Å²) in [4.78, 5) is 14.3. The molecular formula is C15H25F3N2O. The average Bonchev–Trinajstić information content (AvgIpc) is 2.46. The van der Waals surface area contributed by atoms with E-state index in [1.54, 1.807) is 4.90 Å². The summed E-state index contributed by atoms with van der Waals surface area (Å²) in [7, 11) is 0. The third kappa shape index (κ3) is 4.11. The summed E-state index contributed by atoms with van der Waals surface area (Å²) in [5.74, 6) is -1.59. The monoisotopic (exact) mass is 306 g/mol. The second-order valence-electron chi connectivity index (χ2n) is 6.65. The van der Waals surface area contributed by atoms with Crippen molar-refractivity contribution in [2.24, 2.45) is 23.5 Å². The molecule has 0 aromatic heterocycles. The maximum Gasteiger partial charge on any atom is 0.391 e. The molecule has 1 saturated carbocycles. The van der Waals surface area contributed by atoms with E-state index in [0.717, 1.165) is 12.8 Å². The number of hydrogen-bond donors (Lipinski definition) is 1. The molecule has 0 radical (unpaired) electrons. The second-order valence-corrected chi connectivity index (χ2v) is 6.65. The Morgan fingerprint density at radius 1 is 1.24 bits per heavy atom. The predicted molar refractivity (Wildman–Crippen MR) is 74.5 cm³/mol. The zero-order valence-corrected chi connectivity index (χ0v) is 12.5. The van der Waals surface area contributed by atoms with Crippen molar-refractivity contribution in [2.45, 2.75) is 57.7 Å². The molecule has 2 aliphatic rings. The Morgan fingerprint density at radius 3 is 2.57 bits per heavy atom. The van der Waals surface area contributed by atoms with Gasteiger partial charge in [0.15, 0.2) is 0 Å². The number of alkyl halides is 3. The number of halogens is 3. The fourth-order valence-corrected chi connectivity index (χ4v) is 3.61. The fraction of sp³-hybridized carbons (Fsp3) is 0.933. The quantitative estimate of drug-likeness (QED) is 0.852. The van der Waals surface area contributed by atoms with Crippen molar-refractivity contribution < 1.29 is 18.0 Å². The van der Waals surface area contributed by atoms with Crippen LogP contribution in [0.1, 0.15) is 45.4 Å². The number of nitrogens with zero attached hydrogens (tertiary/aromatic N) is 1. The molecule has 1 amide bonds. The van der Waals surface area contributed by atoms with Crippen LogP contribution in [0.5, 0.6) is 0 Å². The van der Waals surface area contributed by atoms with Crippen molar-refractivity contribution in [1.82, 2.24) is 4.90 Å². The highest BCUT2D eigenvalue weighted by molar-refractivity contribution is 5.79. The number of hydrogen-bond acceptors (Lipinski definition) is 2. The van der Waals surface area contributed by atoms with Gasteiger partial charge in [-0.3, -0.25) is 4.79 Å². The molecule has 122 valence electrons. The van der Waals surface area contributed by atoms with Crippen molar-refractivity contribution in [3.63, 3.8) is 0 Å². The first-order valence-electron chi connectivity index (χ1n) is 7.90. The summed E-state index contributed by atoms with van der Waals surface area (Å²) in [5, 5.41) is 0. The lowest BCUT2D eigenvalue weighted by Gasteiger charge is -2.38. The van der Waals surface area contributed by atoms with Gasteiger partial charge in [-0.2, -0.15) is 13.2 Å². The van der Waals surface area contributed by atoms with Crippen LogP contribution in [0.15, 0.2) is 0 Å². The standard InChI is InChI=1S/C15H25F3N2O/c1-10(19)12-5-3-7-20(9-12)14(21)11-4-2-6-13(8-11)15(16,17)18/h10-13H,2-9,19H2,1H3. The summed E-state index contributed by atoms with van der Waals surface area (Å²) < 4.78 is 38.5. The minimum atomic E-state index is -4.17. The van der Waals surface area contributed by atoms with E-state index in [2.05, 4.69) is 0 Å². The Balaban J connectivity index is 1.96. The molecule has 2 rings (SSSR count). The largest absolute Gasteiger partial charge is 0.391 e. The summed E-state index contributed by atoms with van der Waals surface area (Å²) in [5.41, 5.74) is 5.90. The van der Waals surface area contributed by atoms with E-state index in [0.29, 0.717) is 25.9 Å². The fourth-order valence-electron chi connectivity index (χ4n) is 3.61. The van der Waals surface area contributed by atoms with Crippen LogP contribution < -0.4 is 5.73 Å². The highest BCUT2D eigenvalue weighted by Crippen LogP contribution is 2.40. The zero-order valence-electron chi connectivity index (χ0n) is 12.5. The number of amides is 1. The van der Waals surface area contributed by atoms with Gasteiger partial charge in [0.25, 0.3) is 0 Å². The Kier molecular flexibility index (Phi) is 5.17. The Morgan fingerprint density at radius 2 is 1.95 bits per heavy atom. The molecule has 4 unspecified atom stereocenters. The minimum Gasteiger partial charge on any atom is -0.342 e. The van der Waals surface area contributed by atoms with Crippen molar-refractivity contribution in [1.29, 1.82) is 0 Å². The van der Waals surface area contributed by atoms with Gasteiger partial charge in [-0.1, -0.05) is 6.42 Å². The predicted octanol–water partition coefficient (Wildman–Crippen LogP) is 2.94. The molecule has 0 aromatic carbocycles. The van der Waals surface area contributed by atoms with Crippen molar-refractivity contribution in [3.05, 3.63) is 0 Å². The number of piperidine rings is 1. The van der Waals surface area contributed by atoms with Crippen LogP contribution in [0.2, 0.25) is 0 Å². The molecule has 21 heavy (non-hydrogen) atoms. The topological polar surface area (TPSA) is 46.3 Å². The third-order valence-corrected chi connectivity index (χ3v) is 5.00. The van der Waals surface area contributed by atoms with E-state index in [1.807, 2.05) is 6.92 Å². The molecule has 1 saturated heterocycles. The van der Waals surface area contributed by atoms with Crippen LogP contribution in [0.3, 0.4) is 0 Å². The molecule has 2 fully saturated rings. The maximum absolute atomic E-state index is 12.8. The SMILES string of the molecule is CC(N)C1CCCN(C(=O)C2CCCC(C(F)(F)F)C2)C1.